The van der Waals surface area contributed by atoms with Crippen LogP contribution in [-0.4, -0.2) is 23.4 Å². The van der Waals surface area contributed by atoms with Gasteiger partial charge in [0.2, 0.25) is 0 Å². The smallest absolute Gasteiger partial charge is 0.262 e. The van der Waals surface area contributed by atoms with Crippen molar-refractivity contribution in [2.45, 2.75) is 0 Å². The normalized spacial score (nSPS) is 12.9. The Bertz CT molecular complexity index is 730. The molecule has 1 aliphatic heterocycles. The molecular formula is C14H12N4O3. The number of aromatic nitrogens is 1. The lowest BCUT2D eigenvalue weighted by molar-refractivity contribution is -0.118. The lowest BCUT2D eigenvalue weighted by Crippen LogP contribution is -2.25. The fraction of sp³-hybridized carbons (Fsp3) is 0.0714. The van der Waals surface area contributed by atoms with E-state index in [9.17, 15) is 9.59 Å². The highest BCUT2D eigenvalue weighted by Gasteiger charge is 2.17. The number of ether oxygens (including phenoxy) is 1. The van der Waals surface area contributed by atoms with Gasteiger partial charge in [-0.2, -0.15) is 0 Å². The van der Waals surface area contributed by atoms with Crippen molar-refractivity contribution in [3.8, 4) is 5.75 Å². The standard InChI is InChI=1S/C14H12N4O3/c15-10-6-16-4-3-9(10)14(20)17-8-1-2-11-12(5-8)21-7-13(19)18-11/h1-6H,7,15H2,(H,17,20)(H,18,19). The van der Waals surface area contributed by atoms with Crippen molar-refractivity contribution in [2.24, 2.45) is 0 Å². The molecule has 0 fully saturated rings. The van der Waals surface area contributed by atoms with Gasteiger partial charge in [0, 0.05) is 18.0 Å². The predicted octanol–water partition coefficient (Wildman–Crippen LogP) is 1.25. The van der Waals surface area contributed by atoms with Crippen LogP contribution >= 0.6 is 0 Å². The number of nitrogens with one attached hydrogen (secondary N) is 2. The number of hydrogen-bond donors (Lipinski definition) is 3. The first-order valence-corrected chi connectivity index (χ1v) is 6.21. The van der Waals surface area contributed by atoms with Crippen LogP contribution in [-0.2, 0) is 4.79 Å². The largest absolute Gasteiger partial charge is 0.482 e. The summed E-state index contributed by atoms with van der Waals surface area (Å²) in [6, 6.07) is 6.52. The number of rotatable bonds is 2. The maximum absolute atomic E-state index is 12.1. The van der Waals surface area contributed by atoms with Gasteiger partial charge in [0.05, 0.1) is 23.1 Å². The molecule has 2 heterocycles. The van der Waals surface area contributed by atoms with Gasteiger partial charge in [0.15, 0.2) is 6.61 Å². The third-order valence-electron chi connectivity index (χ3n) is 2.97. The molecule has 0 atom stereocenters. The van der Waals surface area contributed by atoms with E-state index in [1.54, 1.807) is 24.3 Å². The van der Waals surface area contributed by atoms with Crippen molar-refractivity contribution in [3.63, 3.8) is 0 Å². The lowest BCUT2D eigenvalue weighted by atomic mass is 10.2. The van der Waals surface area contributed by atoms with Crippen LogP contribution in [0.2, 0.25) is 0 Å². The quantitative estimate of drug-likeness (QED) is 0.769. The molecular weight excluding hydrogens is 272 g/mol. The van der Waals surface area contributed by atoms with E-state index in [1.165, 1.54) is 12.4 Å². The van der Waals surface area contributed by atoms with Crippen LogP contribution in [0.25, 0.3) is 0 Å². The highest BCUT2D eigenvalue weighted by molar-refractivity contribution is 6.08. The number of nitrogen functional groups attached to an aromatic ring is 1. The Kier molecular flexibility index (Phi) is 3.15. The molecule has 7 nitrogen and oxygen atoms in total. The van der Waals surface area contributed by atoms with Gasteiger partial charge in [0.1, 0.15) is 5.75 Å². The van der Waals surface area contributed by atoms with Crippen molar-refractivity contribution >= 4 is 28.9 Å². The first kappa shape index (κ1) is 12.9. The van der Waals surface area contributed by atoms with E-state index in [2.05, 4.69) is 15.6 Å². The van der Waals surface area contributed by atoms with Gasteiger partial charge >= 0.3 is 0 Å². The van der Waals surface area contributed by atoms with Gasteiger partial charge < -0.3 is 21.1 Å². The van der Waals surface area contributed by atoms with Crippen molar-refractivity contribution in [3.05, 3.63) is 42.2 Å². The average molecular weight is 284 g/mol. The minimum absolute atomic E-state index is 0.0400. The van der Waals surface area contributed by atoms with Gasteiger partial charge in [0.25, 0.3) is 11.8 Å². The third kappa shape index (κ3) is 2.62. The molecule has 0 saturated carbocycles. The molecule has 106 valence electrons. The predicted molar refractivity (Wildman–Crippen MR) is 77.2 cm³/mol. The van der Waals surface area contributed by atoms with E-state index in [4.69, 9.17) is 10.5 Å². The Morgan fingerprint density at radius 2 is 2.24 bits per heavy atom. The summed E-state index contributed by atoms with van der Waals surface area (Å²) in [7, 11) is 0. The summed E-state index contributed by atoms with van der Waals surface area (Å²) in [5.74, 6) is -0.0337. The molecule has 0 bridgehead atoms. The SMILES string of the molecule is Nc1cnccc1C(=O)Nc1ccc2c(c1)OCC(=O)N2. The van der Waals surface area contributed by atoms with Crippen LogP contribution in [0, 0.1) is 0 Å². The maximum Gasteiger partial charge on any atom is 0.262 e. The second kappa shape index (κ2) is 5.12. The highest BCUT2D eigenvalue weighted by Crippen LogP contribution is 2.30. The second-order valence-electron chi connectivity index (χ2n) is 4.46. The molecule has 1 aromatic carbocycles. The molecule has 2 amide bonds. The highest BCUT2D eigenvalue weighted by atomic mass is 16.5. The molecule has 21 heavy (non-hydrogen) atoms. The van der Waals surface area contributed by atoms with Crippen molar-refractivity contribution in [1.82, 2.24) is 4.98 Å². The minimum Gasteiger partial charge on any atom is -0.482 e. The summed E-state index contributed by atoms with van der Waals surface area (Å²) in [4.78, 5) is 27.1. The zero-order valence-corrected chi connectivity index (χ0v) is 10.9. The van der Waals surface area contributed by atoms with Crippen molar-refractivity contribution in [2.75, 3.05) is 23.0 Å². The lowest BCUT2D eigenvalue weighted by Gasteiger charge is -2.18. The molecule has 0 aliphatic carbocycles. The molecule has 1 aromatic heterocycles. The zero-order valence-electron chi connectivity index (χ0n) is 10.9. The van der Waals surface area contributed by atoms with Crippen LogP contribution in [0.5, 0.6) is 5.75 Å². The number of nitrogens with zero attached hydrogens (tertiary/aromatic N) is 1. The summed E-state index contributed by atoms with van der Waals surface area (Å²) in [5, 5.41) is 5.40. The number of hydrogen-bond acceptors (Lipinski definition) is 5. The summed E-state index contributed by atoms with van der Waals surface area (Å²) < 4.78 is 5.29. The summed E-state index contributed by atoms with van der Waals surface area (Å²) in [6.45, 7) is -0.0400. The first-order valence-electron chi connectivity index (χ1n) is 6.21. The van der Waals surface area contributed by atoms with Crippen LogP contribution < -0.4 is 21.1 Å². The molecule has 4 N–H and O–H groups in total. The fourth-order valence-corrected chi connectivity index (χ4v) is 1.96. The minimum atomic E-state index is -0.338. The van der Waals surface area contributed by atoms with Gasteiger partial charge in [-0.05, 0) is 18.2 Å². The Labute approximate surface area is 120 Å². The fourth-order valence-electron chi connectivity index (χ4n) is 1.96. The molecule has 0 radical (unpaired) electrons. The number of carbonyl (C=O) groups is 2. The Balaban J connectivity index is 1.81. The van der Waals surface area contributed by atoms with Crippen molar-refractivity contribution < 1.29 is 14.3 Å². The van der Waals surface area contributed by atoms with Gasteiger partial charge in [-0.1, -0.05) is 0 Å². The third-order valence-corrected chi connectivity index (χ3v) is 2.97. The maximum atomic E-state index is 12.1. The number of pyridine rings is 1. The second-order valence-corrected chi connectivity index (χ2v) is 4.46. The van der Waals surface area contributed by atoms with Gasteiger partial charge in [-0.25, -0.2) is 0 Å². The summed E-state index contributed by atoms with van der Waals surface area (Å²) in [6.07, 6.45) is 2.91. The Hall–Kier alpha value is -3.09. The van der Waals surface area contributed by atoms with Crippen LogP contribution in [0.1, 0.15) is 10.4 Å². The van der Waals surface area contributed by atoms with Crippen molar-refractivity contribution in [1.29, 1.82) is 0 Å². The Morgan fingerprint density at radius 3 is 3.05 bits per heavy atom. The monoisotopic (exact) mass is 284 g/mol. The number of fused-ring (bicyclic) bond motifs is 1. The topological polar surface area (TPSA) is 106 Å². The molecule has 0 unspecified atom stereocenters. The number of nitrogens with two attached hydrogens (primary N) is 1. The first-order chi connectivity index (χ1) is 10.1. The van der Waals surface area contributed by atoms with E-state index < -0.39 is 0 Å². The van der Waals surface area contributed by atoms with Gasteiger partial charge in [-0.3, -0.25) is 14.6 Å². The Morgan fingerprint density at radius 1 is 1.38 bits per heavy atom. The molecule has 3 rings (SSSR count). The summed E-state index contributed by atoms with van der Waals surface area (Å²) >= 11 is 0. The van der Waals surface area contributed by atoms with E-state index in [0.29, 0.717) is 28.4 Å². The molecule has 0 spiro atoms. The van der Waals surface area contributed by atoms with Crippen LogP contribution in [0.4, 0.5) is 17.1 Å². The van der Waals surface area contributed by atoms with Crippen LogP contribution in [0.3, 0.4) is 0 Å². The number of carbonyl (C=O) groups excluding carboxylic acids is 2. The van der Waals surface area contributed by atoms with E-state index in [0.717, 1.165) is 0 Å². The molecule has 1 aliphatic rings. The van der Waals surface area contributed by atoms with E-state index >= 15 is 0 Å². The van der Waals surface area contributed by atoms with E-state index in [1.807, 2.05) is 0 Å². The average Bonchev–Trinajstić information content (AvgIpc) is 2.48. The zero-order chi connectivity index (χ0) is 14.8. The van der Waals surface area contributed by atoms with Gasteiger partial charge in [-0.15, -0.1) is 0 Å². The van der Waals surface area contributed by atoms with E-state index in [-0.39, 0.29) is 18.4 Å². The number of benzene rings is 1. The molecule has 2 aromatic rings. The molecule has 0 saturated heterocycles. The molecule has 7 heteroatoms. The van der Waals surface area contributed by atoms with Crippen LogP contribution in [0.15, 0.2) is 36.7 Å². The number of amides is 2. The summed E-state index contributed by atoms with van der Waals surface area (Å²) in [5.41, 5.74) is 7.48. The number of anilines is 3.